The van der Waals surface area contributed by atoms with Crippen molar-refractivity contribution >= 4 is 0 Å². The van der Waals surface area contributed by atoms with Crippen LogP contribution < -0.4 is 5.73 Å². The number of hydrogen-bond donors (Lipinski definition) is 1. The molecular weight excluding hydrogens is 229 g/mol. The number of halogens is 3. The van der Waals surface area contributed by atoms with Gasteiger partial charge in [0, 0.05) is 12.6 Å². The minimum Gasteiger partial charge on any atom is -0.323 e. The average Bonchev–Trinajstić information content (AvgIpc) is 2.15. The Balaban J connectivity index is 2.54. The molecule has 1 aromatic rings. The minimum absolute atomic E-state index is 0.183. The van der Waals surface area contributed by atoms with Gasteiger partial charge in [-0.25, -0.2) is 0 Å². The van der Waals surface area contributed by atoms with Crippen LogP contribution in [0.5, 0.6) is 0 Å². The van der Waals surface area contributed by atoms with Crippen molar-refractivity contribution in [2.45, 2.75) is 19.1 Å². The van der Waals surface area contributed by atoms with E-state index in [4.69, 9.17) is 5.73 Å². The first kappa shape index (κ1) is 14.0. The molecule has 1 atom stereocenters. The van der Waals surface area contributed by atoms with E-state index in [-0.39, 0.29) is 6.54 Å². The second-order valence-corrected chi connectivity index (χ2v) is 4.33. The van der Waals surface area contributed by atoms with Gasteiger partial charge in [0.15, 0.2) is 0 Å². The van der Waals surface area contributed by atoms with Crippen LogP contribution in [0.2, 0.25) is 0 Å². The van der Waals surface area contributed by atoms with E-state index in [1.165, 1.54) is 11.9 Å². The molecule has 0 heterocycles. The van der Waals surface area contributed by atoms with E-state index in [0.29, 0.717) is 0 Å². The van der Waals surface area contributed by atoms with Gasteiger partial charge in [-0.05, 0) is 19.5 Å². The van der Waals surface area contributed by atoms with Gasteiger partial charge in [0.1, 0.15) is 0 Å². The second kappa shape index (κ2) is 5.51. The molecule has 0 bridgehead atoms. The normalized spacial score (nSPS) is 14.1. The highest BCUT2D eigenvalue weighted by Crippen LogP contribution is 2.18. The molecule has 1 unspecified atom stereocenters. The molecule has 0 saturated heterocycles. The smallest absolute Gasteiger partial charge is 0.323 e. The summed E-state index contributed by atoms with van der Waals surface area (Å²) in [6, 6.07) is 7.10. The Labute approximate surface area is 99.2 Å². The molecule has 0 aliphatic heterocycles. The molecule has 96 valence electrons. The summed E-state index contributed by atoms with van der Waals surface area (Å²) in [6.45, 7) is 1.19. The Morgan fingerprint density at radius 3 is 2.24 bits per heavy atom. The van der Waals surface area contributed by atoms with Crippen LogP contribution in [0.3, 0.4) is 0 Å². The highest BCUT2D eigenvalue weighted by atomic mass is 19.4. The predicted molar refractivity (Wildman–Crippen MR) is 61.7 cm³/mol. The summed E-state index contributed by atoms with van der Waals surface area (Å²) in [4.78, 5) is 1.19. The fourth-order valence-electron chi connectivity index (χ4n) is 1.63. The number of rotatable bonds is 4. The van der Waals surface area contributed by atoms with Crippen molar-refractivity contribution in [3.8, 4) is 0 Å². The Bertz CT molecular complexity index is 346. The minimum atomic E-state index is -4.18. The van der Waals surface area contributed by atoms with Gasteiger partial charge in [-0.2, -0.15) is 13.2 Å². The number of nitrogens with zero attached hydrogens (tertiary/aromatic N) is 1. The van der Waals surface area contributed by atoms with Crippen molar-refractivity contribution in [2.24, 2.45) is 5.73 Å². The van der Waals surface area contributed by atoms with Gasteiger partial charge in [0.25, 0.3) is 0 Å². The Morgan fingerprint density at radius 2 is 1.76 bits per heavy atom. The van der Waals surface area contributed by atoms with Gasteiger partial charge < -0.3 is 5.73 Å². The molecule has 1 aromatic carbocycles. The molecule has 1 rings (SSSR count). The van der Waals surface area contributed by atoms with Gasteiger partial charge in [-0.15, -0.1) is 0 Å². The SMILES string of the molecule is Cc1ccc(C(N)CN(C)CC(F)(F)F)cc1. The quantitative estimate of drug-likeness (QED) is 0.884. The van der Waals surface area contributed by atoms with Crippen LogP contribution in [-0.2, 0) is 0 Å². The number of nitrogens with two attached hydrogens (primary N) is 1. The van der Waals surface area contributed by atoms with Crippen molar-refractivity contribution in [2.75, 3.05) is 20.1 Å². The fourth-order valence-corrected chi connectivity index (χ4v) is 1.63. The monoisotopic (exact) mass is 246 g/mol. The first-order valence-corrected chi connectivity index (χ1v) is 5.35. The number of alkyl halides is 3. The number of hydrogen-bond acceptors (Lipinski definition) is 2. The molecule has 2 N–H and O–H groups in total. The van der Waals surface area contributed by atoms with Crippen molar-refractivity contribution in [3.05, 3.63) is 35.4 Å². The summed E-state index contributed by atoms with van der Waals surface area (Å²) >= 11 is 0. The van der Waals surface area contributed by atoms with Crippen molar-refractivity contribution in [3.63, 3.8) is 0 Å². The number of benzene rings is 1. The second-order valence-electron chi connectivity index (χ2n) is 4.33. The van der Waals surface area contributed by atoms with Crippen molar-refractivity contribution < 1.29 is 13.2 Å². The van der Waals surface area contributed by atoms with Crippen LogP contribution in [0, 0.1) is 6.92 Å². The molecular formula is C12H17F3N2. The summed E-state index contributed by atoms with van der Waals surface area (Å²) in [5, 5.41) is 0. The molecule has 2 nitrogen and oxygen atoms in total. The molecule has 0 aromatic heterocycles. The molecule has 0 saturated carbocycles. The standard InChI is InChI=1S/C12H17F3N2/c1-9-3-5-10(6-4-9)11(16)7-17(2)8-12(13,14)15/h3-6,11H,7-8,16H2,1-2H3. The van der Waals surface area contributed by atoms with Gasteiger partial charge in [0.2, 0.25) is 0 Å². The third-order valence-corrected chi connectivity index (χ3v) is 2.46. The van der Waals surface area contributed by atoms with Crippen LogP contribution in [0.4, 0.5) is 13.2 Å². The van der Waals surface area contributed by atoms with Crippen molar-refractivity contribution in [1.82, 2.24) is 4.90 Å². The van der Waals surface area contributed by atoms with Gasteiger partial charge in [-0.1, -0.05) is 29.8 Å². The van der Waals surface area contributed by atoms with E-state index in [1.54, 1.807) is 0 Å². The fraction of sp³-hybridized carbons (Fsp3) is 0.500. The largest absolute Gasteiger partial charge is 0.401 e. The van der Waals surface area contributed by atoms with E-state index in [9.17, 15) is 13.2 Å². The molecule has 0 aliphatic rings. The molecule has 0 radical (unpaired) electrons. The molecule has 0 aliphatic carbocycles. The van der Waals surface area contributed by atoms with Gasteiger partial charge >= 0.3 is 6.18 Å². The van der Waals surface area contributed by atoms with E-state index in [0.717, 1.165) is 11.1 Å². The van der Waals surface area contributed by atoms with E-state index < -0.39 is 18.8 Å². The third kappa shape index (κ3) is 5.19. The lowest BCUT2D eigenvalue weighted by Gasteiger charge is -2.22. The Hall–Kier alpha value is -1.07. The molecule has 0 spiro atoms. The molecule has 0 fully saturated rings. The lowest BCUT2D eigenvalue weighted by molar-refractivity contribution is -0.143. The number of likely N-dealkylation sites (N-methyl/N-ethyl adjacent to an activating group) is 1. The van der Waals surface area contributed by atoms with Crippen LogP contribution in [-0.4, -0.2) is 31.2 Å². The van der Waals surface area contributed by atoms with Gasteiger partial charge in [-0.3, -0.25) is 4.90 Å². The van der Waals surface area contributed by atoms with Crippen LogP contribution in [0.15, 0.2) is 24.3 Å². The zero-order valence-corrected chi connectivity index (χ0v) is 9.96. The molecule has 17 heavy (non-hydrogen) atoms. The highest BCUT2D eigenvalue weighted by molar-refractivity contribution is 5.24. The van der Waals surface area contributed by atoms with Crippen LogP contribution in [0.1, 0.15) is 17.2 Å². The summed E-state index contributed by atoms with van der Waals surface area (Å²) in [5.74, 6) is 0. The van der Waals surface area contributed by atoms with Crippen LogP contribution >= 0.6 is 0 Å². The number of aryl methyl sites for hydroxylation is 1. The lowest BCUT2D eigenvalue weighted by Crippen LogP contribution is -2.36. The maximum absolute atomic E-state index is 12.1. The maximum Gasteiger partial charge on any atom is 0.401 e. The predicted octanol–water partition coefficient (Wildman–Crippen LogP) is 2.49. The Kier molecular flexibility index (Phi) is 4.54. The van der Waals surface area contributed by atoms with E-state index in [1.807, 2.05) is 31.2 Å². The maximum atomic E-state index is 12.1. The third-order valence-electron chi connectivity index (χ3n) is 2.46. The van der Waals surface area contributed by atoms with E-state index in [2.05, 4.69) is 0 Å². The first-order chi connectivity index (χ1) is 7.78. The van der Waals surface area contributed by atoms with E-state index >= 15 is 0 Å². The first-order valence-electron chi connectivity index (χ1n) is 5.35. The molecule has 0 amide bonds. The Morgan fingerprint density at radius 1 is 1.24 bits per heavy atom. The zero-order chi connectivity index (χ0) is 13.1. The zero-order valence-electron chi connectivity index (χ0n) is 9.96. The topological polar surface area (TPSA) is 29.3 Å². The summed E-state index contributed by atoms with van der Waals surface area (Å²) in [5.41, 5.74) is 7.81. The average molecular weight is 246 g/mol. The summed E-state index contributed by atoms with van der Waals surface area (Å²) in [6.07, 6.45) is -4.18. The lowest BCUT2D eigenvalue weighted by atomic mass is 10.1. The van der Waals surface area contributed by atoms with Gasteiger partial charge in [0.05, 0.1) is 6.54 Å². The van der Waals surface area contributed by atoms with Crippen molar-refractivity contribution in [1.29, 1.82) is 0 Å². The molecule has 5 heteroatoms. The van der Waals surface area contributed by atoms with Crippen LogP contribution in [0.25, 0.3) is 0 Å². The summed E-state index contributed by atoms with van der Waals surface area (Å²) in [7, 11) is 1.42. The highest BCUT2D eigenvalue weighted by Gasteiger charge is 2.29. The summed E-state index contributed by atoms with van der Waals surface area (Å²) < 4.78 is 36.4.